The summed E-state index contributed by atoms with van der Waals surface area (Å²) in [5, 5.41) is 0. The van der Waals surface area contributed by atoms with Crippen LogP contribution in [0.1, 0.15) is 43.2 Å². The van der Waals surface area contributed by atoms with E-state index in [-0.39, 0.29) is 0 Å². The Kier molecular flexibility index (Phi) is 1.76. The van der Waals surface area contributed by atoms with Crippen molar-refractivity contribution in [1.29, 1.82) is 0 Å². The standard InChI is InChI=1S/C14H16/c1-4-9-14(10-5-1)11-8-12-6-2-3-7-13(12)14/h2-3,6-8,11H,1,4-5,9-10H2. The molecule has 0 saturated heterocycles. The molecule has 0 aliphatic heterocycles. The van der Waals surface area contributed by atoms with Crippen LogP contribution < -0.4 is 0 Å². The van der Waals surface area contributed by atoms with Crippen molar-refractivity contribution >= 4 is 6.08 Å². The van der Waals surface area contributed by atoms with Crippen molar-refractivity contribution in [3.63, 3.8) is 0 Å². The van der Waals surface area contributed by atoms with Crippen LogP contribution in [-0.4, -0.2) is 0 Å². The first kappa shape index (κ1) is 8.28. The fourth-order valence-corrected chi connectivity index (χ4v) is 3.05. The third kappa shape index (κ3) is 1.06. The summed E-state index contributed by atoms with van der Waals surface area (Å²) in [5.41, 5.74) is 3.46. The van der Waals surface area contributed by atoms with Crippen LogP contribution in [-0.2, 0) is 5.41 Å². The SMILES string of the molecule is C1=CC2(CCCCC2)c2ccccc21. The molecule has 2 aliphatic rings. The summed E-state index contributed by atoms with van der Waals surface area (Å²) >= 11 is 0. The van der Waals surface area contributed by atoms with Gasteiger partial charge in [-0.2, -0.15) is 0 Å². The van der Waals surface area contributed by atoms with Crippen LogP contribution in [0.5, 0.6) is 0 Å². The second-order valence-corrected chi connectivity index (χ2v) is 4.64. The Labute approximate surface area is 85.6 Å². The first-order chi connectivity index (χ1) is 6.91. The highest BCUT2D eigenvalue weighted by molar-refractivity contribution is 5.65. The molecule has 0 unspecified atom stereocenters. The lowest BCUT2D eigenvalue weighted by Crippen LogP contribution is -2.24. The number of allylic oxidation sites excluding steroid dienone is 1. The molecule has 0 amide bonds. The summed E-state index contributed by atoms with van der Waals surface area (Å²) in [5.74, 6) is 0. The number of fused-ring (bicyclic) bond motifs is 2. The van der Waals surface area contributed by atoms with Gasteiger partial charge in [-0.3, -0.25) is 0 Å². The predicted molar refractivity (Wildman–Crippen MR) is 60.2 cm³/mol. The van der Waals surface area contributed by atoms with Crippen LogP contribution >= 0.6 is 0 Å². The Morgan fingerprint density at radius 1 is 0.929 bits per heavy atom. The summed E-state index contributed by atoms with van der Waals surface area (Å²) < 4.78 is 0. The first-order valence-corrected chi connectivity index (χ1v) is 5.70. The molecule has 0 bridgehead atoms. The molecule has 1 saturated carbocycles. The summed E-state index contributed by atoms with van der Waals surface area (Å²) in [6.45, 7) is 0. The summed E-state index contributed by atoms with van der Waals surface area (Å²) in [6.07, 6.45) is 11.7. The third-order valence-electron chi connectivity index (χ3n) is 3.82. The van der Waals surface area contributed by atoms with Crippen LogP contribution in [0.25, 0.3) is 6.08 Å². The monoisotopic (exact) mass is 184 g/mol. The zero-order valence-corrected chi connectivity index (χ0v) is 8.50. The minimum Gasteiger partial charge on any atom is -0.0733 e. The highest BCUT2D eigenvalue weighted by Crippen LogP contribution is 2.46. The van der Waals surface area contributed by atoms with E-state index >= 15 is 0 Å². The van der Waals surface area contributed by atoms with Gasteiger partial charge in [-0.15, -0.1) is 0 Å². The van der Waals surface area contributed by atoms with Gasteiger partial charge in [0.15, 0.2) is 0 Å². The van der Waals surface area contributed by atoms with Crippen molar-refractivity contribution in [3.05, 3.63) is 41.5 Å². The van der Waals surface area contributed by atoms with Crippen molar-refractivity contribution in [1.82, 2.24) is 0 Å². The molecule has 1 aromatic carbocycles. The summed E-state index contributed by atoms with van der Waals surface area (Å²) in [6, 6.07) is 8.89. The van der Waals surface area contributed by atoms with Gasteiger partial charge in [-0.05, 0) is 24.0 Å². The van der Waals surface area contributed by atoms with Gasteiger partial charge < -0.3 is 0 Å². The lowest BCUT2D eigenvalue weighted by Gasteiger charge is -2.33. The van der Waals surface area contributed by atoms with Gasteiger partial charge in [0.1, 0.15) is 0 Å². The smallest absolute Gasteiger partial charge is 0.0141 e. The molecular weight excluding hydrogens is 168 g/mol. The van der Waals surface area contributed by atoms with Crippen LogP contribution in [0, 0.1) is 0 Å². The van der Waals surface area contributed by atoms with E-state index in [1.165, 1.54) is 37.7 Å². The fraction of sp³-hybridized carbons (Fsp3) is 0.429. The van der Waals surface area contributed by atoms with Gasteiger partial charge >= 0.3 is 0 Å². The zero-order chi connectivity index (χ0) is 9.43. The molecule has 0 atom stereocenters. The number of hydrogen-bond acceptors (Lipinski definition) is 0. The van der Waals surface area contributed by atoms with Gasteiger partial charge in [0.05, 0.1) is 0 Å². The van der Waals surface area contributed by atoms with Gasteiger partial charge in [0.2, 0.25) is 0 Å². The second kappa shape index (κ2) is 2.98. The van der Waals surface area contributed by atoms with Gasteiger partial charge in [-0.1, -0.05) is 55.7 Å². The second-order valence-electron chi connectivity index (χ2n) is 4.64. The van der Waals surface area contributed by atoms with Crippen molar-refractivity contribution in [2.24, 2.45) is 0 Å². The Morgan fingerprint density at radius 3 is 2.57 bits per heavy atom. The number of rotatable bonds is 0. The molecule has 72 valence electrons. The average Bonchev–Trinajstić information content (AvgIpc) is 2.60. The maximum Gasteiger partial charge on any atom is 0.0141 e. The highest BCUT2D eigenvalue weighted by atomic mass is 14.4. The molecular formula is C14H16. The summed E-state index contributed by atoms with van der Waals surface area (Å²) in [7, 11) is 0. The first-order valence-electron chi connectivity index (χ1n) is 5.70. The van der Waals surface area contributed by atoms with Crippen molar-refractivity contribution in [3.8, 4) is 0 Å². The minimum absolute atomic E-state index is 0.425. The number of benzene rings is 1. The van der Waals surface area contributed by atoms with Crippen LogP contribution in [0.2, 0.25) is 0 Å². The Morgan fingerprint density at radius 2 is 1.71 bits per heavy atom. The maximum absolute atomic E-state index is 2.46. The van der Waals surface area contributed by atoms with Gasteiger partial charge in [0.25, 0.3) is 0 Å². The fourth-order valence-electron chi connectivity index (χ4n) is 3.05. The molecule has 2 aliphatic carbocycles. The van der Waals surface area contributed by atoms with Crippen LogP contribution in [0.3, 0.4) is 0 Å². The minimum atomic E-state index is 0.425. The van der Waals surface area contributed by atoms with Crippen LogP contribution in [0.4, 0.5) is 0 Å². The van der Waals surface area contributed by atoms with Crippen LogP contribution in [0.15, 0.2) is 30.3 Å². The topological polar surface area (TPSA) is 0 Å². The predicted octanol–water partition coefficient (Wildman–Crippen LogP) is 3.92. The Balaban J connectivity index is 2.07. The Hall–Kier alpha value is -1.04. The molecule has 1 aromatic rings. The van der Waals surface area contributed by atoms with Crippen molar-refractivity contribution in [2.75, 3.05) is 0 Å². The van der Waals surface area contributed by atoms with E-state index in [2.05, 4.69) is 36.4 Å². The molecule has 0 nitrogen and oxygen atoms in total. The largest absolute Gasteiger partial charge is 0.0733 e. The normalized spacial score (nSPS) is 22.6. The molecule has 0 heteroatoms. The van der Waals surface area contributed by atoms with E-state index < -0.39 is 0 Å². The van der Waals surface area contributed by atoms with Crippen molar-refractivity contribution in [2.45, 2.75) is 37.5 Å². The van der Waals surface area contributed by atoms with Crippen molar-refractivity contribution < 1.29 is 0 Å². The maximum atomic E-state index is 2.46. The molecule has 3 rings (SSSR count). The van der Waals surface area contributed by atoms with E-state index in [0.717, 1.165) is 0 Å². The highest BCUT2D eigenvalue weighted by Gasteiger charge is 2.35. The quantitative estimate of drug-likeness (QED) is 0.573. The zero-order valence-electron chi connectivity index (χ0n) is 8.50. The molecule has 0 radical (unpaired) electrons. The third-order valence-corrected chi connectivity index (χ3v) is 3.82. The molecule has 0 aromatic heterocycles. The lowest BCUT2D eigenvalue weighted by molar-refractivity contribution is 0.362. The van der Waals surface area contributed by atoms with Gasteiger partial charge in [0, 0.05) is 5.41 Å². The van der Waals surface area contributed by atoms with E-state index in [1.807, 2.05) is 0 Å². The molecule has 0 N–H and O–H groups in total. The molecule has 1 fully saturated rings. The average molecular weight is 184 g/mol. The van der Waals surface area contributed by atoms with E-state index in [9.17, 15) is 0 Å². The van der Waals surface area contributed by atoms with E-state index in [4.69, 9.17) is 0 Å². The van der Waals surface area contributed by atoms with E-state index in [1.54, 1.807) is 5.56 Å². The summed E-state index contributed by atoms with van der Waals surface area (Å²) in [4.78, 5) is 0. The molecule has 1 spiro atoms. The molecule has 0 heterocycles. The van der Waals surface area contributed by atoms with Gasteiger partial charge in [-0.25, -0.2) is 0 Å². The van der Waals surface area contributed by atoms with E-state index in [0.29, 0.717) is 5.41 Å². The Bertz CT molecular complexity index is 367. The number of hydrogen-bond donors (Lipinski definition) is 0. The molecule has 14 heavy (non-hydrogen) atoms. The lowest BCUT2D eigenvalue weighted by atomic mass is 9.71.